The lowest BCUT2D eigenvalue weighted by Crippen LogP contribution is -2.05. The van der Waals surface area contributed by atoms with E-state index < -0.39 is 0 Å². The van der Waals surface area contributed by atoms with Crippen LogP contribution in [-0.2, 0) is 4.79 Å². The Morgan fingerprint density at radius 3 is 2.43 bits per heavy atom. The Morgan fingerprint density at radius 1 is 0.933 bits per heavy atom. The highest BCUT2D eigenvalue weighted by Crippen LogP contribution is 2.34. The fourth-order valence-electron chi connectivity index (χ4n) is 3.64. The maximum Gasteiger partial charge on any atom is 0.230 e. The van der Waals surface area contributed by atoms with Gasteiger partial charge in [0.25, 0.3) is 0 Å². The first kappa shape index (κ1) is 19.5. The van der Waals surface area contributed by atoms with Crippen LogP contribution in [0, 0.1) is 13.8 Å². The van der Waals surface area contributed by atoms with Crippen LogP contribution < -0.4 is 11.1 Å². The van der Waals surface area contributed by atoms with Crippen molar-refractivity contribution in [2.75, 3.05) is 11.1 Å². The van der Waals surface area contributed by atoms with Gasteiger partial charge in [-0.05, 0) is 54.8 Å². The minimum absolute atomic E-state index is 0.129. The van der Waals surface area contributed by atoms with Crippen molar-refractivity contribution in [1.29, 1.82) is 0 Å². The van der Waals surface area contributed by atoms with Gasteiger partial charge in [-0.2, -0.15) is 0 Å². The van der Waals surface area contributed by atoms with E-state index >= 15 is 0 Å². The molecule has 0 aliphatic carbocycles. The number of amides is 1. The van der Waals surface area contributed by atoms with E-state index in [0.717, 1.165) is 22.3 Å². The van der Waals surface area contributed by atoms with E-state index in [0.29, 0.717) is 27.9 Å². The van der Waals surface area contributed by atoms with Crippen molar-refractivity contribution >= 4 is 34.0 Å². The first-order chi connectivity index (χ1) is 14.3. The highest BCUT2D eigenvalue weighted by molar-refractivity contribution is 6.15. The number of carbonyl (C=O) groups is 2. The predicted octanol–water partition coefficient (Wildman–Crippen LogP) is 5.49. The molecule has 5 nitrogen and oxygen atoms in total. The molecule has 0 fully saturated rings. The molecule has 0 aliphatic heterocycles. The molecule has 0 atom stereocenters. The molecule has 0 bridgehead atoms. The third-order valence-electron chi connectivity index (χ3n) is 5.08. The van der Waals surface area contributed by atoms with Gasteiger partial charge in [0.1, 0.15) is 5.58 Å². The van der Waals surface area contributed by atoms with Crippen LogP contribution in [0.25, 0.3) is 22.1 Å². The number of aryl methyl sites for hydroxylation is 2. The number of nitrogen functional groups attached to an aromatic ring is 1. The molecule has 1 heterocycles. The molecule has 0 spiro atoms. The molecule has 4 rings (SSSR count). The van der Waals surface area contributed by atoms with E-state index in [4.69, 9.17) is 10.2 Å². The average Bonchev–Trinajstić information content (AvgIpc) is 3.03. The molecule has 5 heteroatoms. The Hall–Kier alpha value is -3.86. The average molecular weight is 398 g/mol. The number of carbonyl (C=O) groups excluding carboxylic acids is 2. The minimum Gasteiger partial charge on any atom is -0.450 e. The summed E-state index contributed by atoms with van der Waals surface area (Å²) in [6, 6.07) is 18.8. The molecule has 0 aliphatic rings. The second-order valence-electron chi connectivity index (χ2n) is 7.47. The third kappa shape index (κ3) is 3.57. The summed E-state index contributed by atoms with van der Waals surface area (Å²) in [6.45, 7) is 5.36. The van der Waals surface area contributed by atoms with E-state index in [2.05, 4.69) is 5.32 Å². The monoisotopic (exact) mass is 398 g/mol. The zero-order chi connectivity index (χ0) is 21.4. The standard InChI is InChI=1S/C25H22N2O3/c1-14-7-9-20(15(2)11-14)24(29)25-23(26)21-10-8-18(13-22(21)30-25)17-5-4-6-19(12-17)27-16(3)28/h4-13H,26H2,1-3H3,(H,27,28). The SMILES string of the molecule is CC(=O)Nc1cccc(-c2ccc3c(N)c(C(=O)c4ccc(C)cc4C)oc3c2)c1. The topological polar surface area (TPSA) is 85.3 Å². The number of nitrogens with two attached hydrogens (primary N) is 1. The largest absolute Gasteiger partial charge is 0.450 e. The number of furan rings is 1. The summed E-state index contributed by atoms with van der Waals surface area (Å²) in [6.07, 6.45) is 0. The van der Waals surface area contributed by atoms with Crippen LogP contribution in [0.3, 0.4) is 0 Å². The molecular weight excluding hydrogens is 376 g/mol. The molecular formula is C25H22N2O3. The van der Waals surface area contributed by atoms with Gasteiger partial charge in [-0.1, -0.05) is 42.0 Å². The number of benzene rings is 3. The number of nitrogens with one attached hydrogen (secondary N) is 1. The van der Waals surface area contributed by atoms with E-state index in [1.807, 2.05) is 68.4 Å². The molecule has 0 radical (unpaired) electrons. The van der Waals surface area contributed by atoms with Gasteiger partial charge in [0.05, 0.1) is 5.69 Å². The Kier molecular flexibility index (Phi) is 4.88. The lowest BCUT2D eigenvalue weighted by molar-refractivity contribution is -0.114. The summed E-state index contributed by atoms with van der Waals surface area (Å²) in [5.74, 6) is -0.201. The second-order valence-corrected chi connectivity index (χ2v) is 7.47. The van der Waals surface area contributed by atoms with Gasteiger partial charge in [-0.15, -0.1) is 0 Å². The van der Waals surface area contributed by atoms with Gasteiger partial charge in [0, 0.05) is 23.6 Å². The number of rotatable bonds is 4. The summed E-state index contributed by atoms with van der Waals surface area (Å²) in [5.41, 5.74) is 12.2. The first-order valence-electron chi connectivity index (χ1n) is 9.65. The van der Waals surface area contributed by atoms with E-state index in [1.165, 1.54) is 6.92 Å². The first-order valence-corrected chi connectivity index (χ1v) is 9.65. The maximum absolute atomic E-state index is 13.1. The molecule has 3 N–H and O–H groups in total. The van der Waals surface area contributed by atoms with E-state index in [9.17, 15) is 9.59 Å². The number of hydrogen-bond acceptors (Lipinski definition) is 4. The normalized spacial score (nSPS) is 10.9. The molecule has 0 saturated heterocycles. The van der Waals surface area contributed by atoms with Crippen molar-refractivity contribution in [1.82, 2.24) is 0 Å². The van der Waals surface area contributed by atoms with Gasteiger partial charge in [0.2, 0.25) is 11.7 Å². The quantitative estimate of drug-likeness (QED) is 0.445. The van der Waals surface area contributed by atoms with Crippen molar-refractivity contribution in [3.63, 3.8) is 0 Å². The van der Waals surface area contributed by atoms with Crippen molar-refractivity contribution < 1.29 is 14.0 Å². The van der Waals surface area contributed by atoms with Crippen molar-refractivity contribution in [2.45, 2.75) is 20.8 Å². The molecule has 1 aromatic heterocycles. The van der Waals surface area contributed by atoms with Crippen LogP contribution in [-0.4, -0.2) is 11.7 Å². The lowest BCUT2D eigenvalue weighted by atomic mass is 10.00. The zero-order valence-corrected chi connectivity index (χ0v) is 17.1. The van der Waals surface area contributed by atoms with Gasteiger partial charge >= 0.3 is 0 Å². The summed E-state index contributed by atoms with van der Waals surface area (Å²) in [4.78, 5) is 24.4. The summed E-state index contributed by atoms with van der Waals surface area (Å²) in [7, 11) is 0. The fourth-order valence-corrected chi connectivity index (χ4v) is 3.64. The molecule has 30 heavy (non-hydrogen) atoms. The Bertz CT molecular complexity index is 1300. The molecule has 4 aromatic rings. The van der Waals surface area contributed by atoms with Gasteiger partial charge < -0.3 is 15.5 Å². The summed E-state index contributed by atoms with van der Waals surface area (Å²) >= 11 is 0. The molecule has 0 saturated carbocycles. The predicted molar refractivity (Wildman–Crippen MR) is 120 cm³/mol. The number of ketones is 1. The second kappa shape index (κ2) is 7.52. The van der Waals surface area contributed by atoms with Gasteiger partial charge in [0.15, 0.2) is 5.76 Å². The fraction of sp³-hybridized carbons (Fsp3) is 0.120. The van der Waals surface area contributed by atoms with E-state index in [-0.39, 0.29) is 17.5 Å². The van der Waals surface area contributed by atoms with Crippen LogP contribution in [0.15, 0.2) is 65.1 Å². The highest BCUT2D eigenvalue weighted by Gasteiger charge is 2.21. The molecule has 3 aromatic carbocycles. The summed E-state index contributed by atoms with van der Waals surface area (Å²) < 4.78 is 5.91. The van der Waals surface area contributed by atoms with Crippen LogP contribution in [0.5, 0.6) is 0 Å². The molecule has 1 amide bonds. The van der Waals surface area contributed by atoms with Crippen molar-refractivity contribution in [3.8, 4) is 11.1 Å². The summed E-state index contributed by atoms with van der Waals surface area (Å²) in [5, 5.41) is 3.48. The number of hydrogen-bond donors (Lipinski definition) is 2. The maximum atomic E-state index is 13.1. The lowest BCUT2D eigenvalue weighted by Gasteiger charge is -2.06. The van der Waals surface area contributed by atoms with E-state index in [1.54, 1.807) is 6.07 Å². The minimum atomic E-state index is -0.226. The van der Waals surface area contributed by atoms with Crippen molar-refractivity contribution in [2.24, 2.45) is 0 Å². The van der Waals surface area contributed by atoms with Crippen molar-refractivity contribution in [3.05, 3.63) is 83.1 Å². The smallest absolute Gasteiger partial charge is 0.230 e. The van der Waals surface area contributed by atoms with Crippen LogP contribution >= 0.6 is 0 Å². The Morgan fingerprint density at radius 2 is 1.70 bits per heavy atom. The van der Waals surface area contributed by atoms with Crippen LogP contribution in [0.2, 0.25) is 0 Å². The third-order valence-corrected chi connectivity index (χ3v) is 5.08. The molecule has 0 unspecified atom stereocenters. The van der Waals surface area contributed by atoms with Crippen LogP contribution in [0.4, 0.5) is 11.4 Å². The Labute approximate surface area is 174 Å². The zero-order valence-electron chi connectivity index (χ0n) is 17.1. The van der Waals surface area contributed by atoms with Crippen LogP contribution in [0.1, 0.15) is 34.2 Å². The Balaban J connectivity index is 1.75. The molecule has 150 valence electrons. The highest BCUT2D eigenvalue weighted by atomic mass is 16.3. The number of anilines is 2. The van der Waals surface area contributed by atoms with Gasteiger partial charge in [-0.25, -0.2) is 0 Å². The van der Waals surface area contributed by atoms with Gasteiger partial charge in [-0.3, -0.25) is 9.59 Å². The number of fused-ring (bicyclic) bond motifs is 1.